The van der Waals surface area contributed by atoms with Gasteiger partial charge in [-0.2, -0.15) is 0 Å². The molecule has 0 saturated carbocycles. The van der Waals surface area contributed by atoms with Crippen LogP contribution in [0.1, 0.15) is 24.2 Å². The molecule has 4 N–H and O–H groups in total. The molecule has 1 aromatic rings. The van der Waals surface area contributed by atoms with Gasteiger partial charge in [0.05, 0.1) is 11.0 Å². The Kier molecular flexibility index (Phi) is 3.67. The van der Waals surface area contributed by atoms with Crippen LogP contribution in [0.4, 0.5) is 5.82 Å². The van der Waals surface area contributed by atoms with Crippen molar-refractivity contribution in [1.82, 2.24) is 4.98 Å². The predicted octanol–water partition coefficient (Wildman–Crippen LogP) is 0.703. The highest BCUT2D eigenvalue weighted by atomic mass is 16.4. The molecule has 0 aliphatic carbocycles. The molecule has 0 unspecified atom stereocenters. The van der Waals surface area contributed by atoms with E-state index >= 15 is 0 Å². The van der Waals surface area contributed by atoms with Crippen LogP contribution < -0.4 is 11.1 Å². The van der Waals surface area contributed by atoms with Gasteiger partial charge >= 0.3 is 5.97 Å². The second kappa shape index (κ2) is 4.82. The van der Waals surface area contributed by atoms with Crippen LogP contribution in [-0.2, 0) is 4.79 Å². The molecule has 0 saturated heterocycles. The summed E-state index contributed by atoms with van der Waals surface area (Å²) in [6, 6.07) is 3.12. The SMILES string of the molecule is CC(C)(CNc1ncccc1C(N)=O)C(=O)O. The number of nitrogens with one attached hydrogen (secondary N) is 1. The van der Waals surface area contributed by atoms with Crippen molar-refractivity contribution < 1.29 is 14.7 Å². The monoisotopic (exact) mass is 237 g/mol. The first-order valence-electron chi connectivity index (χ1n) is 5.06. The van der Waals surface area contributed by atoms with Gasteiger partial charge in [-0.3, -0.25) is 9.59 Å². The number of carbonyl (C=O) groups is 2. The molecule has 0 aliphatic rings. The summed E-state index contributed by atoms with van der Waals surface area (Å²) in [4.78, 5) is 26.0. The maximum Gasteiger partial charge on any atom is 0.310 e. The van der Waals surface area contributed by atoms with E-state index in [1.165, 1.54) is 12.3 Å². The Morgan fingerprint density at radius 1 is 1.53 bits per heavy atom. The summed E-state index contributed by atoms with van der Waals surface area (Å²) in [6.45, 7) is 3.31. The van der Waals surface area contributed by atoms with Crippen LogP contribution in [-0.4, -0.2) is 28.5 Å². The Bertz CT molecular complexity index is 443. The smallest absolute Gasteiger partial charge is 0.310 e. The lowest BCUT2D eigenvalue weighted by Gasteiger charge is -2.20. The second-order valence-electron chi connectivity index (χ2n) is 4.31. The number of pyridine rings is 1. The lowest BCUT2D eigenvalue weighted by molar-refractivity contribution is -0.146. The molecule has 1 aromatic heterocycles. The number of anilines is 1. The normalized spacial score (nSPS) is 10.9. The minimum Gasteiger partial charge on any atom is -0.481 e. The zero-order chi connectivity index (χ0) is 13.1. The van der Waals surface area contributed by atoms with Gasteiger partial charge in [-0.15, -0.1) is 0 Å². The topological polar surface area (TPSA) is 105 Å². The number of hydrogen-bond acceptors (Lipinski definition) is 4. The third-order valence-electron chi connectivity index (χ3n) is 2.35. The molecule has 1 rings (SSSR count). The van der Waals surface area contributed by atoms with Crippen LogP contribution >= 0.6 is 0 Å². The number of primary amides is 1. The van der Waals surface area contributed by atoms with Gasteiger partial charge in [0.15, 0.2) is 0 Å². The minimum atomic E-state index is -0.952. The number of nitrogens with zero attached hydrogens (tertiary/aromatic N) is 1. The van der Waals surface area contributed by atoms with E-state index < -0.39 is 17.3 Å². The summed E-state index contributed by atoms with van der Waals surface area (Å²) >= 11 is 0. The molecule has 0 bridgehead atoms. The maximum absolute atomic E-state index is 11.1. The fourth-order valence-electron chi connectivity index (χ4n) is 1.13. The van der Waals surface area contributed by atoms with E-state index in [1.807, 2.05) is 0 Å². The van der Waals surface area contributed by atoms with Crippen molar-refractivity contribution in [3.8, 4) is 0 Å². The number of amides is 1. The first-order valence-corrected chi connectivity index (χ1v) is 5.06. The Balaban J connectivity index is 2.83. The number of aliphatic carboxylic acids is 1. The van der Waals surface area contributed by atoms with E-state index in [0.717, 1.165) is 0 Å². The van der Waals surface area contributed by atoms with Gasteiger partial charge in [-0.25, -0.2) is 4.98 Å². The standard InChI is InChI=1S/C11H15N3O3/c1-11(2,10(16)17)6-14-9-7(8(12)15)4-3-5-13-9/h3-5H,6H2,1-2H3,(H2,12,15)(H,13,14)(H,16,17). The van der Waals surface area contributed by atoms with E-state index in [4.69, 9.17) is 10.8 Å². The van der Waals surface area contributed by atoms with Crippen LogP contribution in [0.25, 0.3) is 0 Å². The zero-order valence-electron chi connectivity index (χ0n) is 9.73. The average molecular weight is 237 g/mol. The lowest BCUT2D eigenvalue weighted by atomic mass is 9.94. The van der Waals surface area contributed by atoms with Crippen molar-refractivity contribution in [2.45, 2.75) is 13.8 Å². The maximum atomic E-state index is 11.1. The Hall–Kier alpha value is -2.11. The summed E-state index contributed by atoms with van der Waals surface area (Å²) < 4.78 is 0. The van der Waals surface area contributed by atoms with Crippen LogP contribution in [0.5, 0.6) is 0 Å². The van der Waals surface area contributed by atoms with Crippen molar-refractivity contribution in [2.24, 2.45) is 11.1 Å². The third-order valence-corrected chi connectivity index (χ3v) is 2.35. The quantitative estimate of drug-likeness (QED) is 0.699. The van der Waals surface area contributed by atoms with Crippen molar-refractivity contribution in [3.05, 3.63) is 23.9 Å². The molecule has 0 spiro atoms. The molecule has 92 valence electrons. The zero-order valence-corrected chi connectivity index (χ0v) is 9.73. The molecule has 6 nitrogen and oxygen atoms in total. The second-order valence-corrected chi connectivity index (χ2v) is 4.31. The highest BCUT2D eigenvalue weighted by Gasteiger charge is 2.27. The first kappa shape index (κ1) is 13.0. The van der Waals surface area contributed by atoms with Crippen molar-refractivity contribution in [1.29, 1.82) is 0 Å². The predicted molar refractivity (Wildman–Crippen MR) is 62.7 cm³/mol. The van der Waals surface area contributed by atoms with Gasteiger partial charge in [0.2, 0.25) is 0 Å². The Morgan fingerprint density at radius 2 is 2.18 bits per heavy atom. The number of carbonyl (C=O) groups excluding carboxylic acids is 1. The average Bonchev–Trinajstić information content (AvgIpc) is 2.26. The minimum absolute atomic E-state index is 0.152. The van der Waals surface area contributed by atoms with Crippen LogP contribution in [0.3, 0.4) is 0 Å². The summed E-state index contributed by atoms with van der Waals surface area (Å²) in [7, 11) is 0. The Morgan fingerprint density at radius 3 is 2.71 bits per heavy atom. The Labute approximate surface area is 98.8 Å². The van der Waals surface area contributed by atoms with Crippen molar-refractivity contribution >= 4 is 17.7 Å². The fourth-order valence-corrected chi connectivity index (χ4v) is 1.13. The molecular formula is C11H15N3O3. The molecule has 0 atom stereocenters. The summed E-state index contributed by atoms with van der Waals surface area (Å²) in [5.41, 5.74) is 4.47. The van der Waals surface area contributed by atoms with E-state index in [0.29, 0.717) is 5.82 Å². The van der Waals surface area contributed by atoms with Crippen molar-refractivity contribution in [2.75, 3.05) is 11.9 Å². The highest BCUT2D eigenvalue weighted by molar-refractivity contribution is 5.97. The first-order chi connectivity index (χ1) is 7.84. The summed E-state index contributed by atoms with van der Waals surface area (Å²) in [5.74, 6) is -1.23. The molecule has 1 heterocycles. The number of carboxylic acids is 1. The number of nitrogens with two attached hydrogens (primary N) is 1. The van der Waals surface area contributed by atoms with Gasteiger partial charge in [0, 0.05) is 12.7 Å². The molecule has 0 fully saturated rings. The summed E-state index contributed by atoms with van der Waals surface area (Å²) in [6.07, 6.45) is 1.50. The van der Waals surface area contributed by atoms with Gasteiger partial charge in [0.25, 0.3) is 5.91 Å². The molecule has 6 heteroatoms. The van der Waals surface area contributed by atoms with Crippen molar-refractivity contribution in [3.63, 3.8) is 0 Å². The van der Waals surface area contributed by atoms with E-state index in [9.17, 15) is 9.59 Å². The lowest BCUT2D eigenvalue weighted by Crippen LogP contribution is -2.32. The van der Waals surface area contributed by atoms with Gasteiger partial charge in [-0.1, -0.05) is 0 Å². The van der Waals surface area contributed by atoms with Gasteiger partial charge in [0.1, 0.15) is 5.82 Å². The molecule has 0 radical (unpaired) electrons. The van der Waals surface area contributed by atoms with Gasteiger partial charge < -0.3 is 16.2 Å². The van der Waals surface area contributed by atoms with Crippen LogP contribution in [0.2, 0.25) is 0 Å². The van der Waals surface area contributed by atoms with E-state index in [-0.39, 0.29) is 12.1 Å². The van der Waals surface area contributed by atoms with Crippen LogP contribution in [0.15, 0.2) is 18.3 Å². The largest absolute Gasteiger partial charge is 0.481 e. The van der Waals surface area contributed by atoms with E-state index in [2.05, 4.69) is 10.3 Å². The number of aromatic nitrogens is 1. The molecular weight excluding hydrogens is 222 g/mol. The van der Waals surface area contributed by atoms with Crippen LogP contribution in [0, 0.1) is 5.41 Å². The highest BCUT2D eigenvalue weighted by Crippen LogP contribution is 2.18. The third kappa shape index (κ3) is 3.17. The molecule has 0 aromatic carbocycles. The summed E-state index contributed by atoms with van der Waals surface area (Å²) in [5, 5.41) is 11.8. The van der Waals surface area contributed by atoms with Gasteiger partial charge in [-0.05, 0) is 26.0 Å². The molecule has 1 amide bonds. The molecule has 17 heavy (non-hydrogen) atoms. The number of rotatable bonds is 5. The van der Waals surface area contributed by atoms with E-state index in [1.54, 1.807) is 19.9 Å². The molecule has 0 aliphatic heterocycles. The number of carboxylic acid groups (broad SMARTS) is 1. The number of hydrogen-bond donors (Lipinski definition) is 3. The fraction of sp³-hybridized carbons (Fsp3) is 0.364.